The average Bonchev–Trinajstić information content (AvgIpc) is 3.22. The lowest BCUT2D eigenvalue weighted by atomic mass is 10.3. The maximum Gasteiger partial charge on any atom is 0.276 e. The Labute approximate surface area is 136 Å². The summed E-state index contributed by atoms with van der Waals surface area (Å²) in [6.45, 7) is 0.436. The monoisotopic (exact) mass is 329 g/mol. The Bertz CT molecular complexity index is 796. The quantitative estimate of drug-likeness (QED) is 0.745. The van der Waals surface area contributed by atoms with Gasteiger partial charge in [0.2, 0.25) is 0 Å². The summed E-state index contributed by atoms with van der Waals surface area (Å²) in [4.78, 5) is 13.2. The molecule has 3 aromatic rings. The van der Waals surface area contributed by atoms with E-state index < -0.39 is 0 Å². The van der Waals surface area contributed by atoms with Crippen molar-refractivity contribution in [2.45, 2.75) is 6.54 Å². The molecule has 0 saturated carbocycles. The number of nitrogens with two attached hydrogens (primary N) is 1. The average molecular weight is 329 g/mol. The van der Waals surface area contributed by atoms with Crippen LogP contribution in [0.2, 0.25) is 0 Å². The molecule has 2 aromatic heterocycles. The van der Waals surface area contributed by atoms with Crippen LogP contribution < -0.4 is 15.8 Å². The highest BCUT2D eigenvalue weighted by molar-refractivity contribution is 7.09. The number of nitrogens with zero attached hydrogens (tertiary/aromatic N) is 3. The maximum absolute atomic E-state index is 12.2. The van der Waals surface area contributed by atoms with Crippen molar-refractivity contribution < 1.29 is 9.53 Å². The number of thiophene rings is 1. The van der Waals surface area contributed by atoms with Crippen molar-refractivity contribution in [2.24, 2.45) is 0 Å². The summed E-state index contributed by atoms with van der Waals surface area (Å²) in [6, 6.07) is 11.0. The Morgan fingerprint density at radius 3 is 2.78 bits per heavy atom. The van der Waals surface area contributed by atoms with E-state index in [1.54, 1.807) is 42.7 Å². The van der Waals surface area contributed by atoms with Crippen LogP contribution in [0.5, 0.6) is 5.75 Å². The van der Waals surface area contributed by atoms with Crippen molar-refractivity contribution in [3.63, 3.8) is 0 Å². The van der Waals surface area contributed by atoms with Gasteiger partial charge in [0.15, 0.2) is 11.5 Å². The molecule has 2 heterocycles. The predicted octanol–water partition coefficient (Wildman–Crippen LogP) is 1.85. The van der Waals surface area contributed by atoms with Gasteiger partial charge in [-0.05, 0) is 35.7 Å². The zero-order chi connectivity index (χ0) is 16.2. The standard InChI is InChI=1S/C15H15N5O2S/c1-22-11-6-4-10(5-7-11)20-14(16)13(18-19-20)15(21)17-9-12-3-2-8-23-12/h2-8H,9,16H2,1H3,(H,17,21). The first-order chi connectivity index (χ1) is 11.2. The third-order valence-corrected chi connectivity index (χ3v) is 4.12. The van der Waals surface area contributed by atoms with E-state index in [1.807, 2.05) is 17.5 Å². The molecule has 0 radical (unpaired) electrons. The van der Waals surface area contributed by atoms with Crippen LogP contribution in [-0.4, -0.2) is 28.0 Å². The van der Waals surface area contributed by atoms with Crippen LogP contribution in [0.25, 0.3) is 5.69 Å². The Kier molecular flexibility index (Phi) is 4.24. The van der Waals surface area contributed by atoms with Crippen LogP contribution in [-0.2, 0) is 6.54 Å². The number of carbonyl (C=O) groups excluding carboxylic acids is 1. The molecular weight excluding hydrogens is 314 g/mol. The lowest BCUT2D eigenvalue weighted by Crippen LogP contribution is -2.23. The summed E-state index contributed by atoms with van der Waals surface area (Å²) >= 11 is 1.57. The highest BCUT2D eigenvalue weighted by Gasteiger charge is 2.18. The molecule has 0 unspecified atom stereocenters. The molecule has 0 aliphatic rings. The van der Waals surface area contributed by atoms with Gasteiger partial charge in [-0.1, -0.05) is 11.3 Å². The fourth-order valence-electron chi connectivity index (χ4n) is 2.03. The van der Waals surface area contributed by atoms with Crippen LogP contribution in [0.3, 0.4) is 0 Å². The molecular formula is C15H15N5O2S. The van der Waals surface area contributed by atoms with Gasteiger partial charge in [-0.25, -0.2) is 0 Å². The maximum atomic E-state index is 12.2. The second-order valence-electron chi connectivity index (χ2n) is 4.70. The molecule has 0 fully saturated rings. The molecule has 0 aliphatic carbocycles. The van der Waals surface area contributed by atoms with Gasteiger partial charge in [-0.15, -0.1) is 16.4 Å². The molecule has 0 aliphatic heterocycles. The zero-order valence-electron chi connectivity index (χ0n) is 12.4. The fraction of sp³-hybridized carbons (Fsp3) is 0.133. The number of rotatable bonds is 5. The highest BCUT2D eigenvalue weighted by Crippen LogP contribution is 2.18. The molecule has 23 heavy (non-hydrogen) atoms. The van der Waals surface area contributed by atoms with E-state index in [4.69, 9.17) is 10.5 Å². The second-order valence-corrected chi connectivity index (χ2v) is 5.73. The third-order valence-electron chi connectivity index (χ3n) is 3.24. The van der Waals surface area contributed by atoms with Gasteiger partial charge < -0.3 is 15.8 Å². The summed E-state index contributed by atoms with van der Waals surface area (Å²) in [5.74, 6) is 0.566. The van der Waals surface area contributed by atoms with Crippen LogP contribution in [0, 0.1) is 0 Å². The van der Waals surface area contributed by atoms with Crippen molar-refractivity contribution in [3.05, 3.63) is 52.3 Å². The molecule has 8 heteroatoms. The van der Waals surface area contributed by atoms with Crippen LogP contribution in [0.1, 0.15) is 15.4 Å². The normalized spacial score (nSPS) is 10.5. The number of methoxy groups -OCH3 is 1. The minimum atomic E-state index is -0.351. The van der Waals surface area contributed by atoms with Crippen molar-refractivity contribution in [2.75, 3.05) is 12.8 Å². The summed E-state index contributed by atoms with van der Waals surface area (Å²) in [7, 11) is 1.59. The SMILES string of the molecule is COc1ccc(-n2nnc(C(=O)NCc3cccs3)c2N)cc1. The third kappa shape index (κ3) is 3.16. The number of ether oxygens (including phenoxy) is 1. The lowest BCUT2D eigenvalue weighted by Gasteiger charge is -2.05. The van der Waals surface area contributed by atoms with Gasteiger partial charge >= 0.3 is 0 Å². The van der Waals surface area contributed by atoms with Crippen LogP contribution >= 0.6 is 11.3 Å². The number of aromatic nitrogens is 3. The number of hydrogen-bond acceptors (Lipinski definition) is 6. The van der Waals surface area contributed by atoms with E-state index in [2.05, 4.69) is 15.6 Å². The molecule has 0 atom stereocenters. The summed E-state index contributed by atoms with van der Waals surface area (Å²) in [5.41, 5.74) is 6.81. The molecule has 0 saturated heterocycles. The molecule has 0 bridgehead atoms. The number of amides is 1. The first-order valence-corrected chi connectivity index (χ1v) is 7.73. The van der Waals surface area contributed by atoms with Gasteiger partial charge in [0.05, 0.1) is 19.3 Å². The largest absolute Gasteiger partial charge is 0.497 e. The molecule has 1 aromatic carbocycles. The number of hydrogen-bond donors (Lipinski definition) is 2. The van der Waals surface area contributed by atoms with Crippen molar-refractivity contribution in [1.29, 1.82) is 0 Å². The second kappa shape index (κ2) is 6.49. The smallest absolute Gasteiger partial charge is 0.276 e. The Morgan fingerprint density at radius 2 is 2.13 bits per heavy atom. The number of nitrogen functional groups attached to an aromatic ring is 1. The molecule has 118 valence electrons. The fourth-order valence-corrected chi connectivity index (χ4v) is 2.67. The summed E-state index contributed by atoms with van der Waals surface area (Å²) < 4.78 is 6.52. The van der Waals surface area contributed by atoms with E-state index in [0.29, 0.717) is 12.2 Å². The van der Waals surface area contributed by atoms with Crippen molar-refractivity contribution in [1.82, 2.24) is 20.3 Å². The number of carbonyl (C=O) groups is 1. The van der Waals surface area contributed by atoms with Gasteiger partial charge in [-0.2, -0.15) is 4.68 Å². The highest BCUT2D eigenvalue weighted by atomic mass is 32.1. The summed E-state index contributed by atoms with van der Waals surface area (Å²) in [5, 5.41) is 12.6. The first kappa shape index (κ1) is 15.0. The number of anilines is 1. The molecule has 7 nitrogen and oxygen atoms in total. The predicted molar refractivity (Wildman–Crippen MR) is 87.8 cm³/mol. The van der Waals surface area contributed by atoms with Gasteiger partial charge in [0.1, 0.15) is 5.75 Å². The lowest BCUT2D eigenvalue weighted by molar-refractivity contribution is 0.0947. The Morgan fingerprint density at radius 1 is 1.35 bits per heavy atom. The van der Waals surface area contributed by atoms with E-state index >= 15 is 0 Å². The summed E-state index contributed by atoms with van der Waals surface area (Å²) in [6.07, 6.45) is 0. The molecule has 3 rings (SSSR count). The Balaban J connectivity index is 1.76. The van der Waals surface area contributed by atoms with Gasteiger partial charge in [0, 0.05) is 4.88 Å². The van der Waals surface area contributed by atoms with Crippen molar-refractivity contribution in [3.8, 4) is 11.4 Å². The zero-order valence-corrected chi connectivity index (χ0v) is 13.2. The van der Waals surface area contributed by atoms with Crippen LogP contribution in [0.15, 0.2) is 41.8 Å². The number of benzene rings is 1. The Hall–Kier alpha value is -2.87. The van der Waals surface area contributed by atoms with E-state index in [-0.39, 0.29) is 17.4 Å². The van der Waals surface area contributed by atoms with E-state index in [9.17, 15) is 4.79 Å². The molecule has 0 spiro atoms. The van der Waals surface area contributed by atoms with Crippen LogP contribution in [0.4, 0.5) is 5.82 Å². The minimum Gasteiger partial charge on any atom is -0.497 e. The van der Waals surface area contributed by atoms with Gasteiger partial charge in [0.25, 0.3) is 5.91 Å². The van der Waals surface area contributed by atoms with Crippen molar-refractivity contribution >= 4 is 23.1 Å². The molecule has 1 amide bonds. The first-order valence-electron chi connectivity index (χ1n) is 6.85. The topological polar surface area (TPSA) is 95.1 Å². The van der Waals surface area contributed by atoms with E-state index in [1.165, 1.54) is 4.68 Å². The molecule has 3 N–H and O–H groups in total. The van der Waals surface area contributed by atoms with E-state index in [0.717, 1.165) is 10.6 Å². The van der Waals surface area contributed by atoms with Gasteiger partial charge in [-0.3, -0.25) is 4.79 Å². The minimum absolute atomic E-state index is 0.109. The number of nitrogens with one attached hydrogen (secondary N) is 1.